The van der Waals surface area contributed by atoms with Crippen LogP contribution in [0.2, 0.25) is 0 Å². The molecular weight excluding hydrogens is 375 g/mol. The maximum Gasteiger partial charge on any atom is 0.248 e. The number of aromatic hydroxyl groups is 2. The Bertz CT molecular complexity index is 993. The number of hydrogen-bond acceptors (Lipinski definition) is 5. The summed E-state index contributed by atoms with van der Waals surface area (Å²) in [6.45, 7) is 0. The predicted octanol–water partition coefficient (Wildman–Crippen LogP) is 2.56. The summed E-state index contributed by atoms with van der Waals surface area (Å²) in [7, 11) is -3.18. The zero-order valence-corrected chi connectivity index (χ0v) is 15.8. The molecule has 3 aromatic carbocycles. The summed E-state index contributed by atoms with van der Waals surface area (Å²) in [6.07, 6.45) is 1.02. The van der Waals surface area contributed by atoms with Crippen LogP contribution in [0.4, 0.5) is 0 Å². The molecule has 3 aromatic rings. The van der Waals surface area contributed by atoms with Crippen molar-refractivity contribution in [1.29, 1.82) is 0 Å². The van der Waals surface area contributed by atoms with Crippen LogP contribution in [0.15, 0.2) is 84.0 Å². The molecule has 3 rings (SSSR count). The van der Waals surface area contributed by atoms with Gasteiger partial charge in [0, 0.05) is 22.2 Å². The average Bonchev–Trinajstić information content (AvgIpc) is 2.71. The van der Waals surface area contributed by atoms with E-state index in [1.807, 2.05) is 12.1 Å². The normalized spacial score (nSPS) is 11.4. The minimum atomic E-state index is -3.18. The van der Waals surface area contributed by atoms with Crippen molar-refractivity contribution in [3.63, 3.8) is 0 Å². The number of carbonyl (C=O) groups excluding carboxylic acids is 1. The third-order valence-corrected chi connectivity index (χ3v) is 7.12. The fourth-order valence-electron chi connectivity index (χ4n) is 2.72. The number of nitrogens with zero attached hydrogens (tertiary/aromatic N) is 1. The molecule has 7 heteroatoms. The lowest BCUT2D eigenvalue weighted by Crippen LogP contribution is -2.28. The van der Waals surface area contributed by atoms with E-state index in [4.69, 9.17) is 0 Å². The van der Waals surface area contributed by atoms with Gasteiger partial charge in [-0.25, -0.2) is 5.43 Å². The molecule has 0 aromatic heterocycles. The van der Waals surface area contributed by atoms with Gasteiger partial charge >= 0.3 is 0 Å². The lowest BCUT2D eigenvalue weighted by molar-refractivity contribution is -0.118. The molecule has 6 nitrogen and oxygen atoms in total. The molecule has 0 fully saturated rings. The fourth-order valence-corrected chi connectivity index (χ4v) is 5.17. The Hall–Kier alpha value is -3.37. The van der Waals surface area contributed by atoms with Crippen molar-refractivity contribution in [3.05, 3.63) is 84.4 Å². The second kappa shape index (κ2) is 8.55. The lowest BCUT2D eigenvalue weighted by Gasteiger charge is -2.18. The molecule has 0 spiro atoms. The number of rotatable bonds is 6. The van der Waals surface area contributed by atoms with E-state index in [0.29, 0.717) is 16.2 Å². The van der Waals surface area contributed by atoms with Crippen molar-refractivity contribution < 1.29 is 19.6 Å². The summed E-state index contributed by atoms with van der Waals surface area (Å²) in [5, 5.41) is 24.0. The number of benzene rings is 3. The van der Waals surface area contributed by atoms with E-state index in [1.165, 1.54) is 24.4 Å². The van der Waals surface area contributed by atoms with Crippen molar-refractivity contribution in [3.8, 4) is 11.5 Å². The first-order valence-corrected chi connectivity index (χ1v) is 10.4. The molecule has 0 heterocycles. The highest BCUT2D eigenvalue weighted by molar-refractivity contribution is 7.79. The van der Waals surface area contributed by atoms with Crippen LogP contribution >= 0.6 is 7.14 Å². The topological polar surface area (TPSA) is 99.0 Å². The van der Waals surface area contributed by atoms with E-state index in [1.54, 1.807) is 48.5 Å². The minimum Gasteiger partial charge on any atom is -0.508 e. The van der Waals surface area contributed by atoms with Crippen LogP contribution in [0.25, 0.3) is 0 Å². The molecule has 0 atom stereocenters. The standard InChI is InChI=1S/C21H19N2O4P/c24-17-12-11-16(20(25)13-17)14-22-23-21(26)15-28(27,18-7-3-1-4-8-18)19-9-5-2-6-10-19/h1-14,24-25H,15H2,(H,23,26)/b22-14+. The Labute approximate surface area is 162 Å². The van der Waals surface area contributed by atoms with Gasteiger partial charge in [-0.1, -0.05) is 60.7 Å². The van der Waals surface area contributed by atoms with Crippen LogP contribution in [0.3, 0.4) is 0 Å². The summed E-state index contributed by atoms with van der Waals surface area (Å²) in [5.41, 5.74) is 2.68. The van der Waals surface area contributed by atoms with Gasteiger partial charge in [-0.15, -0.1) is 0 Å². The first kappa shape index (κ1) is 19.4. The molecule has 3 N–H and O–H groups in total. The number of nitrogens with one attached hydrogen (secondary N) is 1. The maximum absolute atomic E-state index is 13.8. The Morgan fingerprint density at radius 3 is 2.04 bits per heavy atom. The largest absolute Gasteiger partial charge is 0.508 e. The smallest absolute Gasteiger partial charge is 0.248 e. The van der Waals surface area contributed by atoms with Crippen LogP contribution in [-0.4, -0.2) is 28.5 Å². The van der Waals surface area contributed by atoms with E-state index in [-0.39, 0.29) is 17.7 Å². The van der Waals surface area contributed by atoms with Crippen molar-refractivity contribution in [2.24, 2.45) is 5.10 Å². The minimum absolute atomic E-state index is 0.0784. The SMILES string of the molecule is O=C(CP(=O)(c1ccccc1)c1ccccc1)N/N=C/c1ccc(O)cc1O. The fraction of sp³-hybridized carbons (Fsp3) is 0.0476. The van der Waals surface area contributed by atoms with E-state index >= 15 is 0 Å². The van der Waals surface area contributed by atoms with Gasteiger partial charge in [0.05, 0.1) is 12.4 Å². The van der Waals surface area contributed by atoms with Crippen LogP contribution in [0.5, 0.6) is 11.5 Å². The molecule has 28 heavy (non-hydrogen) atoms. The van der Waals surface area contributed by atoms with Gasteiger partial charge < -0.3 is 14.8 Å². The summed E-state index contributed by atoms with van der Waals surface area (Å²) >= 11 is 0. The lowest BCUT2D eigenvalue weighted by atomic mass is 10.2. The predicted molar refractivity (Wildman–Crippen MR) is 110 cm³/mol. The van der Waals surface area contributed by atoms with E-state index in [2.05, 4.69) is 10.5 Å². The number of hydrazone groups is 1. The number of amides is 1. The zero-order chi connectivity index (χ0) is 20.0. The maximum atomic E-state index is 13.8. The third-order valence-electron chi connectivity index (χ3n) is 4.12. The third kappa shape index (κ3) is 4.48. The second-order valence-corrected chi connectivity index (χ2v) is 8.93. The van der Waals surface area contributed by atoms with Gasteiger partial charge in [0.1, 0.15) is 11.5 Å². The highest BCUT2D eigenvalue weighted by Crippen LogP contribution is 2.42. The van der Waals surface area contributed by atoms with Gasteiger partial charge in [0.25, 0.3) is 0 Å². The molecule has 0 aliphatic carbocycles. The van der Waals surface area contributed by atoms with Gasteiger partial charge in [-0.2, -0.15) is 5.10 Å². The molecular formula is C21H19N2O4P. The zero-order valence-electron chi connectivity index (χ0n) is 14.9. The molecule has 0 aliphatic heterocycles. The van der Waals surface area contributed by atoms with Crippen LogP contribution in [0.1, 0.15) is 5.56 Å². The molecule has 1 amide bonds. The van der Waals surface area contributed by atoms with E-state index < -0.39 is 13.0 Å². The van der Waals surface area contributed by atoms with E-state index in [0.717, 1.165) is 0 Å². The molecule has 0 saturated heterocycles. The summed E-state index contributed by atoms with van der Waals surface area (Å²) in [6, 6.07) is 21.8. The quantitative estimate of drug-likeness (QED) is 0.340. The van der Waals surface area contributed by atoms with Crippen LogP contribution < -0.4 is 16.0 Å². The van der Waals surface area contributed by atoms with Gasteiger partial charge in [0.2, 0.25) is 5.91 Å². The summed E-state index contributed by atoms with van der Waals surface area (Å²) in [4.78, 5) is 12.4. The first-order valence-electron chi connectivity index (χ1n) is 8.53. The molecule has 142 valence electrons. The number of hydrogen-bond donors (Lipinski definition) is 3. The summed E-state index contributed by atoms with van der Waals surface area (Å²) in [5.74, 6) is -0.756. The highest BCUT2D eigenvalue weighted by atomic mass is 31.2. The molecule has 0 unspecified atom stereocenters. The van der Waals surface area contributed by atoms with Crippen molar-refractivity contribution in [2.75, 3.05) is 6.16 Å². The van der Waals surface area contributed by atoms with Crippen molar-refractivity contribution in [2.45, 2.75) is 0 Å². The van der Waals surface area contributed by atoms with E-state index in [9.17, 15) is 19.6 Å². The van der Waals surface area contributed by atoms with Crippen LogP contribution in [0, 0.1) is 0 Å². The molecule has 0 bridgehead atoms. The Kier molecular flexibility index (Phi) is 5.92. The van der Waals surface area contributed by atoms with Gasteiger partial charge in [-0.05, 0) is 12.1 Å². The Morgan fingerprint density at radius 1 is 0.929 bits per heavy atom. The van der Waals surface area contributed by atoms with Crippen LogP contribution in [-0.2, 0) is 9.36 Å². The summed E-state index contributed by atoms with van der Waals surface area (Å²) < 4.78 is 13.8. The Balaban J connectivity index is 1.79. The monoisotopic (exact) mass is 394 g/mol. The first-order chi connectivity index (χ1) is 13.5. The van der Waals surface area contributed by atoms with Gasteiger partial charge in [-0.3, -0.25) is 4.79 Å². The number of phenolic OH excluding ortho intramolecular Hbond substituents is 2. The molecule has 0 aliphatic rings. The van der Waals surface area contributed by atoms with Crippen molar-refractivity contribution >= 4 is 29.9 Å². The molecule has 0 saturated carbocycles. The van der Waals surface area contributed by atoms with Crippen molar-refractivity contribution in [1.82, 2.24) is 5.43 Å². The highest BCUT2D eigenvalue weighted by Gasteiger charge is 2.30. The molecule has 0 radical (unpaired) electrons. The second-order valence-electron chi connectivity index (χ2n) is 6.11. The average molecular weight is 394 g/mol. The Morgan fingerprint density at radius 2 is 1.50 bits per heavy atom. The number of phenols is 2. The number of carbonyl (C=O) groups is 1. The van der Waals surface area contributed by atoms with Gasteiger partial charge in [0.15, 0.2) is 7.14 Å².